The Morgan fingerprint density at radius 2 is 2.22 bits per heavy atom. The van der Waals surface area contributed by atoms with Gasteiger partial charge in [-0.3, -0.25) is 4.79 Å². The van der Waals surface area contributed by atoms with Crippen molar-refractivity contribution in [3.63, 3.8) is 0 Å². The van der Waals surface area contributed by atoms with Gasteiger partial charge in [-0.1, -0.05) is 0 Å². The molecule has 0 amide bonds. The minimum atomic E-state index is -1.14. The second-order valence-electron chi connectivity index (χ2n) is 1.60. The molecule has 0 aliphatic carbocycles. The molecule has 1 atom stereocenters. The molecular formula is C6H8O3. The summed E-state index contributed by atoms with van der Waals surface area (Å²) in [6, 6.07) is 0. The van der Waals surface area contributed by atoms with Crippen LogP contribution in [0.25, 0.3) is 0 Å². The smallest absolute Gasteiger partial charge is 0.152 e. The molecule has 0 bridgehead atoms. The predicted molar refractivity (Wildman–Crippen MR) is 31.9 cm³/mol. The van der Waals surface area contributed by atoms with Crippen LogP contribution in [-0.2, 0) is 9.59 Å². The van der Waals surface area contributed by atoms with Gasteiger partial charge >= 0.3 is 0 Å². The molecule has 0 aliphatic rings. The summed E-state index contributed by atoms with van der Waals surface area (Å²) in [6.45, 7) is 1.34. The fourth-order valence-corrected chi connectivity index (χ4v) is 0.279. The topological polar surface area (TPSA) is 54.4 Å². The van der Waals surface area contributed by atoms with Crippen LogP contribution in [0.1, 0.15) is 6.92 Å². The van der Waals surface area contributed by atoms with E-state index in [0.717, 1.165) is 12.2 Å². The van der Waals surface area contributed by atoms with Crippen molar-refractivity contribution in [2.45, 2.75) is 13.0 Å². The highest BCUT2D eigenvalue weighted by atomic mass is 16.3. The number of carbonyl (C=O) groups excluding carboxylic acids is 2. The molecule has 1 N–H and O–H groups in total. The zero-order valence-electron chi connectivity index (χ0n) is 5.07. The molecule has 0 radical (unpaired) electrons. The van der Waals surface area contributed by atoms with E-state index in [0.29, 0.717) is 6.29 Å². The van der Waals surface area contributed by atoms with Gasteiger partial charge in [0.05, 0.1) is 0 Å². The number of aliphatic hydroxyl groups excluding tert-OH is 1. The average Bonchev–Trinajstić information content (AvgIpc) is 1.83. The second kappa shape index (κ2) is 3.97. The summed E-state index contributed by atoms with van der Waals surface area (Å²) in [5.74, 6) is -0.184. The van der Waals surface area contributed by atoms with E-state index < -0.39 is 6.10 Å². The van der Waals surface area contributed by atoms with Crippen molar-refractivity contribution >= 4 is 12.1 Å². The first-order chi connectivity index (χ1) is 4.16. The molecule has 0 saturated heterocycles. The standard InChI is InChI=1S/C6H8O3/c1-5(8)2-3-6(9)4-7/h2-4,6,9H,1H3. The van der Waals surface area contributed by atoms with Gasteiger partial charge in [-0.05, 0) is 19.1 Å². The molecule has 0 aromatic carbocycles. The predicted octanol–water partition coefficient (Wildman–Crippen LogP) is -0.309. The first-order valence-electron chi connectivity index (χ1n) is 2.49. The molecule has 3 nitrogen and oxygen atoms in total. The van der Waals surface area contributed by atoms with Crippen LogP contribution < -0.4 is 0 Å². The van der Waals surface area contributed by atoms with Crippen molar-refractivity contribution in [2.24, 2.45) is 0 Å². The van der Waals surface area contributed by atoms with Crippen LogP contribution in [0.3, 0.4) is 0 Å². The fraction of sp³-hybridized carbons (Fsp3) is 0.333. The highest BCUT2D eigenvalue weighted by Gasteiger charge is 1.92. The van der Waals surface area contributed by atoms with Crippen molar-refractivity contribution < 1.29 is 14.7 Å². The van der Waals surface area contributed by atoms with Crippen molar-refractivity contribution in [3.05, 3.63) is 12.2 Å². The van der Waals surface area contributed by atoms with E-state index in [1.807, 2.05) is 0 Å². The molecule has 0 spiro atoms. The second-order valence-corrected chi connectivity index (χ2v) is 1.60. The molecule has 0 aromatic rings. The number of aldehydes is 1. The van der Waals surface area contributed by atoms with Crippen LogP contribution in [0.4, 0.5) is 0 Å². The van der Waals surface area contributed by atoms with E-state index in [9.17, 15) is 9.59 Å². The zero-order chi connectivity index (χ0) is 7.28. The number of rotatable bonds is 3. The third-order valence-electron chi connectivity index (χ3n) is 0.668. The molecular weight excluding hydrogens is 120 g/mol. The first-order valence-corrected chi connectivity index (χ1v) is 2.49. The Labute approximate surface area is 53.0 Å². The van der Waals surface area contributed by atoms with E-state index in [1.54, 1.807) is 0 Å². The lowest BCUT2D eigenvalue weighted by molar-refractivity contribution is -0.113. The van der Waals surface area contributed by atoms with Crippen LogP contribution in [0.5, 0.6) is 0 Å². The number of carbonyl (C=O) groups is 2. The third-order valence-corrected chi connectivity index (χ3v) is 0.668. The average molecular weight is 128 g/mol. The quantitative estimate of drug-likeness (QED) is 0.419. The van der Waals surface area contributed by atoms with Gasteiger partial charge < -0.3 is 9.90 Å². The van der Waals surface area contributed by atoms with E-state index in [4.69, 9.17) is 5.11 Å². The summed E-state index contributed by atoms with van der Waals surface area (Å²) in [6.07, 6.45) is 1.49. The summed E-state index contributed by atoms with van der Waals surface area (Å²) in [7, 11) is 0. The van der Waals surface area contributed by atoms with Gasteiger partial charge in [0, 0.05) is 0 Å². The molecule has 1 unspecified atom stereocenters. The maximum atomic E-state index is 10.2. The summed E-state index contributed by atoms with van der Waals surface area (Å²) in [5, 5.41) is 8.50. The third kappa shape index (κ3) is 4.90. The Hall–Kier alpha value is -0.960. The van der Waals surface area contributed by atoms with Crippen molar-refractivity contribution in [3.8, 4) is 0 Å². The molecule has 0 aromatic heterocycles. The Morgan fingerprint density at radius 1 is 1.67 bits per heavy atom. The number of ketones is 1. The van der Waals surface area contributed by atoms with E-state index in [2.05, 4.69) is 0 Å². The van der Waals surface area contributed by atoms with Gasteiger partial charge in [0.25, 0.3) is 0 Å². The zero-order valence-corrected chi connectivity index (χ0v) is 5.07. The van der Waals surface area contributed by atoms with Crippen molar-refractivity contribution in [1.29, 1.82) is 0 Å². The van der Waals surface area contributed by atoms with Gasteiger partial charge in [0.1, 0.15) is 6.10 Å². The fourth-order valence-electron chi connectivity index (χ4n) is 0.279. The molecule has 0 rings (SSSR count). The summed E-state index contributed by atoms with van der Waals surface area (Å²) >= 11 is 0. The van der Waals surface area contributed by atoms with Crippen LogP contribution in [0.2, 0.25) is 0 Å². The summed E-state index contributed by atoms with van der Waals surface area (Å²) in [5.41, 5.74) is 0. The van der Waals surface area contributed by atoms with Gasteiger partial charge in [0.2, 0.25) is 0 Å². The maximum absolute atomic E-state index is 10.2. The molecule has 0 fully saturated rings. The lowest BCUT2D eigenvalue weighted by Gasteiger charge is -1.87. The molecule has 9 heavy (non-hydrogen) atoms. The lowest BCUT2D eigenvalue weighted by atomic mass is 10.3. The monoisotopic (exact) mass is 128 g/mol. The van der Waals surface area contributed by atoms with Crippen LogP contribution in [-0.4, -0.2) is 23.3 Å². The van der Waals surface area contributed by atoms with Crippen LogP contribution >= 0.6 is 0 Å². The Kier molecular flexibility index (Phi) is 3.55. The molecule has 0 heterocycles. The highest BCUT2D eigenvalue weighted by molar-refractivity contribution is 5.87. The van der Waals surface area contributed by atoms with E-state index >= 15 is 0 Å². The number of hydrogen-bond acceptors (Lipinski definition) is 3. The maximum Gasteiger partial charge on any atom is 0.152 e. The Bertz CT molecular complexity index is 137. The molecule has 3 heteroatoms. The van der Waals surface area contributed by atoms with Gasteiger partial charge in [-0.2, -0.15) is 0 Å². The van der Waals surface area contributed by atoms with Crippen molar-refractivity contribution in [2.75, 3.05) is 0 Å². The first kappa shape index (κ1) is 8.04. The Morgan fingerprint density at radius 3 is 2.56 bits per heavy atom. The van der Waals surface area contributed by atoms with Gasteiger partial charge in [0.15, 0.2) is 12.1 Å². The van der Waals surface area contributed by atoms with Crippen LogP contribution in [0, 0.1) is 0 Å². The van der Waals surface area contributed by atoms with Crippen LogP contribution in [0.15, 0.2) is 12.2 Å². The number of allylic oxidation sites excluding steroid dienone is 1. The molecule has 0 saturated carbocycles. The largest absolute Gasteiger partial charge is 0.381 e. The number of hydrogen-bond donors (Lipinski definition) is 1. The SMILES string of the molecule is CC(=O)C=CC(O)C=O. The highest BCUT2D eigenvalue weighted by Crippen LogP contribution is 1.80. The molecule has 50 valence electrons. The minimum absolute atomic E-state index is 0.184. The summed E-state index contributed by atoms with van der Waals surface area (Å²) < 4.78 is 0. The normalized spacial score (nSPS) is 13.6. The van der Waals surface area contributed by atoms with Gasteiger partial charge in [-0.25, -0.2) is 0 Å². The van der Waals surface area contributed by atoms with E-state index in [1.165, 1.54) is 6.92 Å². The lowest BCUT2D eigenvalue weighted by Crippen LogP contribution is -2.02. The van der Waals surface area contributed by atoms with Gasteiger partial charge in [-0.15, -0.1) is 0 Å². The Balaban J connectivity index is 3.69. The minimum Gasteiger partial charge on any atom is -0.381 e. The number of aliphatic hydroxyl groups is 1. The van der Waals surface area contributed by atoms with Crippen molar-refractivity contribution in [1.82, 2.24) is 0 Å². The van der Waals surface area contributed by atoms with E-state index in [-0.39, 0.29) is 5.78 Å². The summed E-state index contributed by atoms with van der Waals surface area (Å²) in [4.78, 5) is 19.9. The molecule has 0 aliphatic heterocycles.